The molecule has 0 atom stereocenters. The minimum Gasteiger partial charge on any atom is -0.399 e. The zero-order valence-electron chi connectivity index (χ0n) is 14.3. The van der Waals surface area contributed by atoms with Gasteiger partial charge in [-0.3, -0.25) is 4.79 Å². The summed E-state index contributed by atoms with van der Waals surface area (Å²) in [5.74, 6) is 0.276. The van der Waals surface area contributed by atoms with Crippen LogP contribution in [0.1, 0.15) is 35.5 Å². The van der Waals surface area contributed by atoms with Crippen molar-refractivity contribution in [1.82, 2.24) is 20.1 Å². The van der Waals surface area contributed by atoms with Gasteiger partial charge >= 0.3 is 0 Å². The van der Waals surface area contributed by atoms with Crippen LogP contribution < -0.4 is 11.1 Å². The molecule has 0 fully saturated rings. The van der Waals surface area contributed by atoms with Crippen LogP contribution in [0.5, 0.6) is 0 Å². The van der Waals surface area contributed by atoms with Crippen molar-refractivity contribution in [2.24, 2.45) is 5.92 Å². The van der Waals surface area contributed by atoms with Crippen LogP contribution in [0, 0.1) is 5.92 Å². The number of amides is 1. The highest BCUT2D eigenvalue weighted by Crippen LogP contribution is 2.17. The van der Waals surface area contributed by atoms with E-state index in [0.717, 1.165) is 22.8 Å². The number of carbonyl (C=O) groups excluding carboxylic acids is 1. The fraction of sp³-hybridized carbons (Fsp3) is 0.278. The van der Waals surface area contributed by atoms with Crippen molar-refractivity contribution in [2.75, 3.05) is 5.73 Å². The lowest BCUT2D eigenvalue weighted by molar-refractivity contribution is 0.0950. The van der Waals surface area contributed by atoms with Gasteiger partial charge in [-0.05, 0) is 30.0 Å². The maximum atomic E-state index is 12.7. The summed E-state index contributed by atoms with van der Waals surface area (Å²) in [6.45, 7) is 4.67. The first-order chi connectivity index (χ1) is 12.0. The lowest BCUT2D eigenvalue weighted by Crippen LogP contribution is -2.23. The van der Waals surface area contributed by atoms with Crippen LogP contribution in [0.15, 0.2) is 42.0 Å². The highest BCUT2D eigenvalue weighted by Gasteiger charge is 2.18. The number of nitrogens with one attached hydrogen (secondary N) is 1. The Kier molecular flexibility index (Phi) is 5.14. The molecule has 0 aliphatic heterocycles. The lowest BCUT2D eigenvalue weighted by atomic mass is 10.0. The van der Waals surface area contributed by atoms with E-state index in [1.807, 2.05) is 29.6 Å². The third kappa shape index (κ3) is 4.24. The molecule has 2 heterocycles. The number of anilines is 1. The summed E-state index contributed by atoms with van der Waals surface area (Å²) in [5.41, 5.74) is 8.78. The molecular weight excluding hydrogens is 334 g/mol. The van der Waals surface area contributed by atoms with Crippen LogP contribution in [0.3, 0.4) is 0 Å². The smallest absolute Gasteiger partial charge is 0.255 e. The van der Waals surface area contributed by atoms with E-state index in [9.17, 15) is 4.79 Å². The van der Waals surface area contributed by atoms with E-state index in [1.165, 1.54) is 11.3 Å². The Morgan fingerprint density at radius 3 is 2.72 bits per heavy atom. The maximum absolute atomic E-state index is 12.7. The number of hydrogen-bond acceptors (Lipinski definition) is 5. The number of rotatable bonds is 6. The third-order valence-corrected chi connectivity index (χ3v) is 4.45. The predicted octanol–water partition coefficient (Wildman–Crippen LogP) is 3.04. The van der Waals surface area contributed by atoms with Crippen molar-refractivity contribution in [3.63, 3.8) is 0 Å². The Morgan fingerprint density at radius 2 is 2.08 bits per heavy atom. The highest BCUT2D eigenvalue weighted by atomic mass is 32.1. The summed E-state index contributed by atoms with van der Waals surface area (Å²) >= 11 is 1.49. The molecule has 0 saturated carbocycles. The highest BCUT2D eigenvalue weighted by molar-refractivity contribution is 7.12. The number of aromatic nitrogens is 3. The summed E-state index contributed by atoms with van der Waals surface area (Å²) in [6.07, 6.45) is 4.22. The monoisotopic (exact) mass is 355 g/mol. The van der Waals surface area contributed by atoms with E-state index in [0.29, 0.717) is 23.7 Å². The molecule has 0 radical (unpaired) electrons. The first kappa shape index (κ1) is 17.2. The molecule has 3 aromatic rings. The van der Waals surface area contributed by atoms with Crippen molar-refractivity contribution in [2.45, 2.75) is 26.8 Å². The van der Waals surface area contributed by atoms with Gasteiger partial charge in [-0.1, -0.05) is 26.0 Å². The van der Waals surface area contributed by atoms with Gasteiger partial charge < -0.3 is 11.1 Å². The van der Waals surface area contributed by atoms with Gasteiger partial charge in [-0.25, -0.2) is 9.67 Å². The number of nitrogens with zero attached hydrogens (tertiary/aromatic N) is 3. The Labute approximate surface area is 150 Å². The lowest BCUT2D eigenvalue weighted by Gasteiger charge is -2.07. The van der Waals surface area contributed by atoms with Gasteiger partial charge in [0.1, 0.15) is 0 Å². The topological polar surface area (TPSA) is 85.8 Å². The molecular formula is C18H21N5OS. The molecule has 130 valence electrons. The molecule has 7 heteroatoms. The number of hydrogen-bond donors (Lipinski definition) is 2. The number of thiazole rings is 1. The second-order valence-electron chi connectivity index (χ2n) is 6.27. The SMILES string of the molecule is CC(C)Cc1nn(-c2nccs2)cc1C(=O)NCc1ccc(N)cc1. The summed E-state index contributed by atoms with van der Waals surface area (Å²) in [5, 5.41) is 10.2. The first-order valence-electron chi connectivity index (χ1n) is 8.14. The molecule has 25 heavy (non-hydrogen) atoms. The molecule has 2 aromatic heterocycles. The molecule has 0 bridgehead atoms. The van der Waals surface area contributed by atoms with Gasteiger partial charge in [0.25, 0.3) is 5.91 Å². The van der Waals surface area contributed by atoms with Gasteiger partial charge in [0.05, 0.1) is 11.3 Å². The maximum Gasteiger partial charge on any atom is 0.255 e. The third-order valence-electron chi connectivity index (χ3n) is 3.69. The Balaban J connectivity index is 1.78. The molecule has 1 amide bonds. The summed E-state index contributed by atoms with van der Waals surface area (Å²) < 4.78 is 1.68. The van der Waals surface area contributed by atoms with Crippen LogP contribution in [0.25, 0.3) is 5.13 Å². The Morgan fingerprint density at radius 1 is 1.32 bits per heavy atom. The Hall–Kier alpha value is -2.67. The number of carbonyl (C=O) groups is 1. The van der Waals surface area contributed by atoms with Gasteiger partial charge in [-0.15, -0.1) is 11.3 Å². The normalized spacial score (nSPS) is 11.0. The molecule has 0 unspecified atom stereocenters. The molecule has 3 N–H and O–H groups in total. The van der Waals surface area contributed by atoms with Crippen LogP contribution in [-0.2, 0) is 13.0 Å². The average molecular weight is 355 g/mol. The minimum absolute atomic E-state index is 0.129. The first-order valence-corrected chi connectivity index (χ1v) is 9.02. The van der Waals surface area contributed by atoms with E-state index in [2.05, 4.69) is 29.2 Å². The van der Waals surface area contributed by atoms with Gasteiger partial charge in [0.2, 0.25) is 5.13 Å². The molecule has 0 saturated heterocycles. The molecule has 6 nitrogen and oxygen atoms in total. The fourth-order valence-corrected chi connectivity index (χ4v) is 3.04. The van der Waals surface area contributed by atoms with Gasteiger partial charge in [0.15, 0.2) is 0 Å². The Bertz CT molecular complexity index is 837. The van der Waals surface area contributed by atoms with E-state index < -0.39 is 0 Å². The number of benzene rings is 1. The molecule has 0 aliphatic rings. The summed E-state index contributed by atoms with van der Waals surface area (Å²) in [4.78, 5) is 16.9. The van der Waals surface area contributed by atoms with Crippen LogP contribution in [0.2, 0.25) is 0 Å². The molecule has 0 spiro atoms. The number of nitrogens with two attached hydrogens (primary N) is 1. The summed E-state index contributed by atoms with van der Waals surface area (Å²) in [7, 11) is 0. The van der Waals surface area contributed by atoms with Crippen LogP contribution in [0.4, 0.5) is 5.69 Å². The van der Waals surface area contributed by atoms with E-state index in [-0.39, 0.29) is 5.91 Å². The fourth-order valence-electron chi connectivity index (χ4n) is 2.48. The second kappa shape index (κ2) is 7.48. The zero-order valence-corrected chi connectivity index (χ0v) is 15.1. The zero-order chi connectivity index (χ0) is 17.8. The van der Waals surface area contributed by atoms with Crippen molar-refractivity contribution in [3.8, 4) is 5.13 Å². The van der Waals surface area contributed by atoms with Crippen molar-refractivity contribution in [3.05, 3.63) is 58.9 Å². The van der Waals surface area contributed by atoms with Gasteiger partial charge in [0, 0.05) is 30.0 Å². The minimum atomic E-state index is -0.129. The van der Waals surface area contributed by atoms with Crippen molar-refractivity contribution >= 4 is 22.9 Å². The van der Waals surface area contributed by atoms with E-state index >= 15 is 0 Å². The number of nitrogen functional groups attached to an aromatic ring is 1. The van der Waals surface area contributed by atoms with Crippen LogP contribution >= 0.6 is 11.3 Å². The van der Waals surface area contributed by atoms with Crippen molar-refractivity contribution in [1.29, 1.82) is 0 Å². The standard InChI is InChI=1S/C18H21N5OS/c1-12(2)9-16-15(11-23(22-16)18-20-7-8-25-18)17(24)21-10-13-3-5-14(19)6-4-13/h3-8,11-12H,9-10,19H2,1-2H3,(H,21,24). The molecule has 3 rings (SSSR count). The molecule has 1 aromatic carbocycles. The predicted molar refractivity (Wildman–Crippen MR) is 99.8 cm³/mol. The largest absolute Gasteiger partial charge is 0.399 e. The average Bonchev–Trinajstić information content (AvgIpc) is 3.23. The summed E-state index contributed by atoms with van der Waals surface area (Å²) in [6, 6.07) is 7.46. The van der Waals surface area contributed by atoms with E-state index in [4.69, 9.17) is 5.73 Å². The van der Waals surface area contributed by atoms with Crippen molar-refractivity contribution < 1.29 is 4.79 Å². The van der Waals surface area contributed by atoms with Gasteiger partial charge in [-0.2, -0.15) is 5.10 Å². The quantitative estimate of drug-likeness (QED) is 0.666. The molecule has 0 aliphatic carbocycles. The van der Waals surface area contributed by atoms with Crippen LogP contribution in [-0.4, -0.2) is 20.7 Å². The van der Waals surface area contributed by atoms with E-state index in [1.54, 1.807) is 17.1 Å². The second-order valence-corrected chi connectivity index (χ2v) is 7.14.